The number of rotatable bonds is 10. The highest BCUT2D eigenvalue weighted by molar-refractivity contribution is 6.60. The zero-order chi connectivity index (χ0) is 15.8. The van der Waals surface area contributed by atoms with Gasteiger partial charge < -0.3 is 13.3 Å². The van der Waals surface area contributed by atoms with Gasteiger partial charge in [-0.25, -0.2) is 0 Å². The van der Waals surface area contributed by atoms with Crippen LogP contribution < -0.4 is 11.1 Å². The molecule has 0 saturated carbocycles. The molecule has 0 heterocycles. The summed E-state index contributed by atoms with van der Waals surface area (Å²) >= 11 is 0. The third-order valence-electron chi connectivity index (χ3n) is 3.48. The molecule has 1 aromatic carbocycles. The van der Waals surface area contributed by atoms with Crippen LogP contribution in [0.5, 0.6) is 0 Å². The minimum atomic E-state index is -2.73. The van der Waals surface area contributed by atoms with Crippen LogP contribution in [0.15, 0.2) is 30.3 Å². The Hall–Kier alpha value is -0.763. The van der Waals surface area contributed by atoms with Crippen molar-refractivity contribution in [2.45, 2.75) is 45.1 Å². The molecule has 1 aromatic rings. The highest BCUT2D eigenvalue weighted by Gasteiger charge is 2.44. The highest BCUT2D eigenvalue weighted by atomic mass is 28.4. The molecule has 0 radical (unpaired) electrons. The maximum absolute atomic E-state index is 6.35. The molecule has 0 aliphatic heterocycles. The van der Waals surface area contributed by atoms with Crippen molar-refractivity contribution in [3.63, 3.8) is 0 Å². The molecule has 1 unspecified atom stereocenters. The number of benzene rings is 1. The predicted molar refractivity (Wildman–Crippen MR) is 86.4 cm³/mol. The molecule has 21 heavy (non-hydrogen) atoms. The Morgan fingerprint density at radius 2 is 1.76 bits per heavy atom. The number of nitrogens with one attached hydrogen (secondary N) is 1. The molecule has 120 valence electrons. The van der Waals surface area contributed by atoms with Crippen molar-refractivity contribution in [1.29, 1.82) is 0 Å². The standard InChI is InChI=1S/C15H28N2O3Si/c1-5-12-21(18-3,19-4)20-15(16,6-2)17-13-14-10-8-7-9-11-14/h7-11,17H,5-6,12-13,16H2,1-4H3. The lowest BCUT2D eigenvalue weighted by Gasteiger charge is -2.37. The fourth-order valence-electron chi connectivity index (χ4n) is 2.09. The van der Waals surface area contributed by atoms with E-state index in [-0.39, 0.29) is 0 Å². The van der Waals surface area contributed by atoms with Crippen LogP contribution in [0, 0.1) is 0 Å². The van der Waals surface area contributed by atoms with E-state index in [0.717, 1.165) is 18.0 Å². The molecule has 5 nitrogen and oxygen atoms in total. The van der Waals surface area contributed by atoms with Gasteiger partial charge in [-0.2, -0.15) is 0 Å². The third-order valence-corrected chi connectivity index (χ3v) is 6.51. The van der Waals surface area contributed by atoms with E-state index < -0.39 is 14.7 Å². The predicted octanol–water partition coefficient (Wildman–Crippen LogP) is 2.46. The largest absolute Gasteiger partial charge is 0.502 e. The fourth-order valence-corrected chi connectivity index (χ4v) is 4.31. The molecule has 6 heteroatoms. The first-order valence-electron chi connectivity index (χ1n) is 7.41. The zero-order valence-electron chi connectivity index (χ0n) is 13.5. The lowest BCUT2D eigenvalue weighted by Crippen LogP contribution is -2.62. The van der Waals surface area contributed by atoms with Gasteiger partial charge >= 0.3 is 8.80 Å². The van der Waals surface area contributed by atoms with Crippen LogP contribution in [0.3, 0.4) is 0 Å². The van der Waals surface area contributed by atoms with Crippen molar-refractivity contribution in [1.82, 2.24) is 5.32 Å². The normalized spacial score (nSPS) is 14.9. The third kappa shape index (κ3) is 5.50. The number of nitrogens with two attached hydrogens (primary N) is 1. The van der Waals surface area contributed by atoms with Crippen molar-refractivity contribution in [2.24, 2.45) is 5.73 Å². The van der Waals surface area contributed by atoms with Crippen molar-refractivity contribution >= 4 is 8.80 Å². The Morgan fingerprint density at radius 1 is 1.14 bits per heavy atom. The molecule has 0 spiro atoms. The second kappa shape index (κ2) is 8.62. The molecule has 0 fully saturated rings. The summed E-state index contributed by atoms with van der Waals surface area (Å²) in [5.74, 6) is -0.955. The van der Waals surface area contributed by atoms with Crippen LogP contribution >= 0.6 is 0 Å². The van der Waals surface area contributed by atoms with Crippen LogP contribution in [-0.2, 0) is 19.8 Å². The molecular formula is C15H28N2O3Si. The van der Waals surface area contributed by atoms with E-state index >= 15 is 0 Å². The van der Waals surface area contributed by atoms with E-state index in [1.54, 1.807) is 14.2 Å². The fraction of sp³-hybridized carbons (Fsp3) is 0.600. The molecule has 1 rings (SSSR count). The van der Waals surface area contributed by atoms with Crippen LogP contribution in [0.25, 0.3) is 0 Å². The molecule has 0 aliphatic carbocycles. The minimum Gasteiger partial charge on any atom is -0.377 e. The minimum absolute atomic E-state index is 0.616. The van der Waals surface area contributed by atoms with Gasteiger partial charge in [0.15, 0.2) is 5.85 Å². The Labute approximate surface area is 129 Å². The second-order valence-electron chi connectivity index (χ2n) is 5.03. The molecule has 0 bridgehead atoms. The van der Waals surface area contributed by atoms with Gasteiger partial charge in [0.25, 0.3) is 0 Å². The van der Waals surface area contributed by atoms with Crippen LogP contribution in [0.4, 0.5) is 0 Å². The van der Waals surface area contributed by atoms with E-state index in [0.29, 0.717) is 13.0 Å². The quantitative estimate of drug-likeness (QED) is 0.513. The maximum Gasteiger partial charge on any atom is 0.502 e. The van der Waals surface area contributed by atoms with Gasteiger partial charge in [-0.05, 0) is 5.56 Å². The van der Waals surface area contributed by atoms with Crippen molar-refractivity contribution in [3.8, 4) is 0 Å². The van der Waals surface area contributed by atoms with Gasteiger partial charge in [0, 0.05) is 33.2 Å². The zero-order valence-corrected chi connectivity index (χ0v) is 14.5. The van der Waals surface area contributed by atoms with E-state index in [1.165, 1.54) is 0 Å². The Balaban J connectivity index is 2.73. The van der Waals surface area contributed by atoms with E-state index in [9.17, 15) is 0 Å². The van der Waals surface area contributed by atoms with Gasteiger partial charge in [0.1, 0.15) is 0 Å². The van der Waals surface area contributed by atoms with Gasteiger partial charge in [0.2, 0.25) is 0 Å². The van der Waals surface area contributed by atoms with Crippen molar-refractivity contribution in [3.05, 3.63) is 35.9 Å². The van der Waals surface area contributed by atoms with Crippen molar-refractivity contribution in [2.75, 3.05) is 14.2 Å². The first-order valence-corrected chi connectivity index (χ1v) is 9.34. The second-order valence-corrected chi connectivity index (χ2v) is 7.91. The maximum atomic E-state index is 6.35. The smallest absolute Gasteiger partial charge is 0.377 e. The van der Waals surface area contributed by atoms with E-state index in [1.807, 2.05) is 37.3 Å². The molecule has 0 amide bonds. The average molecular weight is 312 g/mol. The monoisotopic (exact) mass is 312 g/mol. The van der Waals surface area contributed by atoms with Gasteiger partial charge in [-0.1, -0.05) is 50.6 Å². The molecule has 1 atom stereocenters. The van der Waals surface area contributed by atoms with Crippen LogP contribution in [-0.4, -0.2) is 28.9 Å². The summed E-state index contributed by atoms with van der Waals surface area (Å²) < 4.78 is 17.2. The summed E-state index contributed by atoms with van der Waals surface area (Å²) in [6.45, 7) is 4.69. The first kappa shape index (κ1) is 18.3. The summed E-state index contributed by atoms with van der Waals surface area (Å²) in [7, 11) is 0.522. The Bertz CT molecular complexity index is 401. The Morgan fingerprint density at radius 3 is 2.24 bits per heavy atom. The lowest BCUT2D eigenvalue weighted by atomic mass is 10.2. The van der Waals surface area contributed by atoms with Crippen LogP contribution in [0.2, 0.25) is 6.04 Å². The van der Waals surface area contributed by atoms with E-state index in [2.05, 4.69) is 12.2 Å². The molecule has 0 saturated heterocycles. The SMILES string of the molecule is CCC[Si](OC)(OC)OC(N)(CC)NCc1ccccc1. The molecule has 0 aromatic heterocycles. The van der Waals surface area contributed by atoms with Gasteiger partial charge in [-0.3, -0.25) is 11.1 Å². The Kier molecular flexibility index (Phi) is 7.51. The van der Waals surface area contributed by atoms with Crippen LogP contribution in [0.1, 0.15) is 32.3 Å². The average Bonchev–Trinajstić information content (AvgIpc) is 2.53. The van der Waals surface area contributed by atoms with Crippen molar-refractivity contribution < 1.29 is 13.3 Å². The summed E-state index contributed by atoms with van der Waals surface area (Å²) in [4.78, 5) is 0. The van der Waals surface area contributed by atoms with E-state index in [4.69, 9.17) is 19.0 Å². The molecule has 0 aliphatic rings. The topological polar surface area (TPSA) is 65.7 Å². The summed E-state index contributed by atoms with van der Waals surface area (Å²) in [5, 5.41) is 3.27. The highest BCUT2D eigenvalue weighted by Crippen LogP contribution is 2.22. The summed E-state index contributed by atoms with van der Waals surface area (Å²) in [5.41, 5.74) is 7.51. The summed E-state index contributed by atoms with van der Waals surface area (Å²) in [6.07, 6.45) is 1.54. The molecule has 3 N–H and O–H groups in total. The lowest BCUT2D eigenvalue weighted by molar-refractivity contribution is -0.0407. The van der Waals surface area contributed by atoms with Gasteiger partial charge in [0.05, 0.1) is 0 Å². The first-order chi connectivity index (χ1) is 10.0. The number of hydrogen-bond acceptors (Lipinski definition) is 5. The number of hydrogen-bond donors (Lipinski definition) is 2. The summed E-state index contributed by atoms with van der Waals surface area (Å²) in [6, 6.07) is 10.8. The molecular weight excluding hydrogens is 284 g/mol. The van der Waals surface area contributed by atoms with Gasteiger partial charge in [-0.15, -0.1) is 0 Å².